The molecule has 0 bridgehead atoms. The van der Waals surface area contributed by atoms with Crippen molar-refractivity contribution in [2.45, 2.75) is 19.9 Å². The predicted molar refractivity (Wildman–Crippen MR) is 88.2 cm³/mol. The first-order chi connectivity index (χ1) is 10.1. The summed E-state index contributed by atoms with van der Waals surface area (Å²) in [4.78, 5) is 18.6. The molecule has 0 aliphatic carbocycles. The van der Waals surface area contributed by atoms with Crippen molar-refractivity contribution in [1.82, 2.24) is 10.3 Å². The minimum Gasteiger partial charge on any atom is -0.465 e. The highest BCUT2D eigenvalue weighted by molar-refractivity contribution is 5.92. The molecule has 7 heteroatoms. The van der Waals surface area contributed by atoms with E-state index in [1.54, 1.807) is 7.11 Å². The maximum Gasteiger partial charge on any atom is 0.339 e. The summed E-state index contributed by atoms with van der Waals surface area (Å²) in [6.07, 6.45) is 0. The lowest BCUT2D eigenvalue weighted by Crippen LogP contribution is -2.53. The predicted octanol–water partition coefficient (Wildman–Crippen LogP) is 1.33. The van der Waals surface area contributed by atoms with Gasteiger partial charge in [-0.05, 0) is 25.5 Å². The van der Waals surface area contributed by atoms with Gasteiger partial charge in [0.1, 0.15) is 5.82 Å². The maximum atomic E-state index is 11.8. The van der Waals surface area contributed by atoms with Crippen LogP contribution in [0.1, 0.15) is 21.6 Å². The molecular formula is C15H24ClN3O3. The Morgan fingerprint density at radius 3 is 2.77 bits per heavy atom. The van der Waals surface area contributed by atoms with Gasteiger partial charge in [-0.1, -0.05) is 0 Å². The zero-order chi connectivity index (χ0) is 15.4. The fourth-order valence-electron chi connectivity index (χ4n) is 2.77. The maximum absolute atomic E-state index is 11.8. The molecular weight excluding hydrogens is 306 g/mol. The molecule has 0 spiro atoms. The van der Waals surface area contributed by atoms with Gasteiger partial charge in [-0.15, -0.1) is 12.4 Å². The molecule has 22 heavy (non-hydrogen) atoms. The SMILES string of the molecule is COCC1CNCCN1c1cc(C)c(C(=O)OC)c(C)n1.Cl. The number of methoxy groups -OCH3 is 2. The summed E-state index contributed by atoms with van der Waals surface area (Å²) in [5.74, 6) is 0.555. The standard InChI is InChI=1S/C15H23N3O3.ClH/c1-10-7-13(17-11(2)14(10)15(19)21-4)18-6-5-16-8-12(18)9-20-3;/h7,12,16H,5-6,8-9H2,1-4H3;1H. The van der Waals surface area contributed by atoms with Gasteiger partial charge in [0.25, 0.3) is 0 Å². The summed E-state index contributed by atoms with van der Waals surface area (Å²) < 4.78 is 10.1. The lowest BCUT2D eigenvalue weighted by molar-refractivity contribution is 0.0598. The van der Waals surface area contributed by atoms with E-state index in [4.69, 9.17) is 9.47 Å². The van der Waals surface area contributed by atoms with Gasteiger partial charge in [0.05, 0.1) is 31.0 Å². The smallest absolute Gasteiger partial charge is 0.339 e. The Morgan fingerprint density at radius 2 is 2.18 bits per heavy atom. The molecule has 1 aromatic heterocycles. The number of esters is 1. The number of halogens is 1. The largest absolute Gasteiger partial charge is 0.465 e. The molecule has 1 unspecified atom stereocenters. The Bertz CT molecular complexity index is 500. The van der Waals surface area contributed by atoms with Crippen LogP contribution in [0.15, 0.2) is 6.07 Å². The Morgan fingerprint density at radius 1 is 1.45 bits per heavy atom. The van der Waals surface area contributed by atoms with Crippen LogP contribution < -0.4 is 10.2 Å². The second-order valence-electron chi connectivity index (χ2n) is 5.26. The average molecular weight is 330 g/mol. The molecule has 1 aromatic rings. The lowest BCUT2D eigenvalue weighted by Gasteiger charge is -2.37. The normalized spacial score (nSPS) is 17.8. The molecule has 1 aliphatic heterocycles. The van der Waals surface area contributed by atoms with Crippen molar-refractivity contribution < 1.29 is 14.3 Å². The van der Waals surface area contributed by atoms with Crippen molar-refractivity contribution in [2.24, 2.45) is 0 Å². The summed E-state index contributed by atoms with van der Waals surface area (Å²) in [6, 6.07) is 2.20. The third-order valence-electron chi connectivity index (χ3n) is 3.78. The van der Waals surface area contributed by atoms with E-state index < -0.39 is 0 Å². The van der Waals surface area contributed by atoms with Gasteiger partial charge in [-0.25, -0.2) is 9.78 Å². The Hall–Kier alpha value is -1.37. The van der Waals surface area contributed by atoms with E-state index in [0.717, 1.165) is 31.0 Å². The van der Waals surface area contributed by atoms with Crippen LogP contribution in [0, 0.1) is 13.8 Å². The van der Waals surface area contributed by atoms with Crippen LogP contribution in [0.2, 0.25) is 0 Å². The number of nitrogens with zero attached hydrogens (tertiary/aromatic N) is 2. The topological polar surface area (TPSA) is 63.7 Å². The molecule has 0 saturated carbocycles. The van der Waals surface area contributed by atoms with Gasteiger partial charge in [0.2, 0.25) is 0 Å². The van der Waals surface area contributed by atoms with Gasteiger partial charge < -0.3 is 19.7 Å². The molecule has 124 valence electrons. The van der Waals surface area contributed by atoms with Gasteiger partial charge in [-0.3, -0.25) is 0 Å². The minimum atomic E-state index is -0.335. The van der Waals surface area contributed by atoms with E-state index in [1.807, 2.05) is 19.9 Å². The first-order valence-corrected chi connectivity index (χ1v) is 7.11. The lowest BCUT2D eigenvalue weighted by atomic mass is 10.1. The summed E-state index contributed by atoms with van der Waals surface area (Å²) in [5, 5.41) is 3.36. The molecule has 0 amide bonds. The molecule has 1 saturated heterocycles. The van der Waals surface area contributed by atoms with Crippen LogP contribution in [-0.2, 0) is 9.47 Å². The molecule has 1 N–H and O–H groups in total. The minimum absolute atomic E-state index is 0. The van der Waals surface area contributed by atoms with Crippen molar-refractivity contribution >= 4 is 24.2 Å². The van der Waals surface area contributed by atoms with Gasteiger partial charge in [-0.2, -0.15) is 0 Å². The highest BCUT2D eigenvalue weighted by Gasteiger charge is 2.25. The quantitative estimate of drug-likeness (QED) is 0.841. The fourth-order valence-corrected chi connectivity index (χ4v) is 2.77. The van der Waals surface area contributed by atoms with E-state index in [2.05, 4.69) is 15.2 Å². The van der Waals surface area contributed by atoms with E-state index in [-0.39, 0.29) is 24.4 Å². The molecule has 1 fully saturated rings. The number of ether oxygens (including phenoxy) is 2. The highest BCUT2D eigenvalue weighted by atomic mass is 35.5. The molecule has 0 aromatic carbocycles. The van der Waals surface area contributed by atoms with Gasteiger partial charge in [0.15, 0.2) is 0 Å². The number of nitrogens with one attached hydrogen (secondary N) is 1. The number of hydrogen-bond donors (Lipinski definition) is 1. The van der Waals surface area contributed by atoms with Crippen LogP contribution in [-0.4, -0.2) is 57.5 Å². The van der Waals surface area contributed by atoms with E-state index in [1.165, 1.54) is 7.11 Å². The van der Waals surface area contributed by atoms with Crippen molar-refractivity contribution in [3.63, 3.8) is 0 Å². The highest BCUT2D eigenvalue weighted by Crippen LogP contribution is 2.22. The summed E-state index contributed by atoms with van der Waals surface area (Å²) in [5.41, 5.74) is 2.14. The number of anilines is 1. The second kappa shape index (κ2) is 8.31. The van der Waals surface area contributed by atoms with Crippen LogP contribution in [0.3, 0.4) is 0 Å². The van der Waals surface area contributed by atoms with Crippen LogP contribution in [0.5, 0.6) is 0 Å². The molecule has 1 aliphatic rings. The number of carbonyl (C=O) groups excluding carboxylic acids is 1. The van der Waals surface area contributed by atoms with Crippen molar-refractivity contribution in [3.8, 4) is 0 Å². The zero-order valence-corrected chi connectivity index (χ0v) is 14.3. The molecule has 1 atom stereocenters. The number of aryl methyl sites for hydroxylation is 2. The zero-order valence-electron chi connectivity index (χ0n) is 13.5. The van der Waals surface area contributed by atoms with Crippen molar-refractivity contribution in [2.75, 3.05) is 45.4 Å². The van der Waals surface area contributed by atoms with Gasteiger partial charge >= 0.3 is 5.97 Å². The second-order valence-corrected chi connectivity index (χ2v) is 5.26. The molecule has 6 nitrogen and oxygen atoms in total. The Kier molecular flexibility index (Phi) is 7.06. The van der Waals surface area contributed by atoms with Crippen molar-refractivity contribution in [3.05, 3.63) is 22.9 Å². The number of hydrogen-bond acceptors (Lipinski definition) is 6. The number of pyridine rings is 1. The molecule has 0 radical (unpaired) electrons. The number of aromatic nitrogens is 1. The molecule has 2 rings (SSSR count). The van der Waals surface area contributed by atoms with Crippen LogP contribution in [0.4, 0.5) is 5.82 Å². The number of piperazine rings is 1. The summed E-state index contributed by atoms with van der Waals surface area (Å²) in [6.45, 7) is 7.06. The average Bonchev–Trinajstić information content (AvgIpc) is 2.47. The number of carbonyl (C=O) groups is 1. The van der Waals surface area contributed by atoms with Gasteiger partial charge in [0, 0.05) is 26.7 Å². The fraction of sp³-hybridized carbons (Fsp3) is 0.600. The summed E-state index contributed by atoms with van der Waals surface area (Å²) >= 11 is 0. The summed E-state index contributed by atoms with van der Waals surface area (Å²) in [7, 11) is 3.09. The monoisotopic (exact) mass is 329 g/mol. The first kappa shape index (κ1) is 18.7. The Balaban J connectivity index is 0.00000242. The van der Waals surface area contributed by atoms with E-state index in [9.17, 15) is 4.79 Å². The van der Waals surface area contributed by atoms with E-state index >= 15 is 0 Å². The van der Waals surface area contributed by atoms with Crippen LogP contribution >= 0.6 is 12.4 Å². The number of rotatable bonds is 4. The van der Waals surface area contributed by atoms with Crippen molar-refractivity contribution in [1.29, 1.82) is 0 Å². The Labute approximate surface area is 137 Å². The van der Waals surface area contributed by atoms with E-state index in [0.29, 0.717) is 17.9 Å². The van der Waals surface area contributed by atoms with Crippen LogP contribution in [0.25, 0.3) is 0 Å². The third kappa shape index (κ3) is 3.88. The third-order valence-corrected chi connectivity index (χ3v) is 3.78. The first-order valence-electron chi connectivity index (χ1n) is 7.11. The molecule has 2 heterocycles.